The van der Waals surface area contributed by atoms with E-state index in [1.807, 2.05) is 0 Å². The Morgan fingerprint density at radius 2 is 1.38 bits per heavy atom. The first kappa shape index (κ1) is 19.2. The van der Waals surface area contributed by atoms with Crippen molar-refractivity contribution in [2.45, 2.75) is 39.7 Å². The van der Waals surface area contributed by atoms with Gasteiger partial charge in [0.15, 0.2) is 0 Å². The second-order valence-corrected chi connectivity index (χ2v) is 9.11. The molecule has 32 heavy (non-hydrogen) atoms. The zero-order chi connectivity index (χ0) is 21.8. The van der Waals surface area contributed by atoms with Crippen molar-refractivity contribution in [2.75, 3.05) is 0 Å². The Labute approximate surface area is 188 Å². The smallest absolute Gasteiger partial charge is 0.136 e. The molecule has 0 spiro atoms. The molecule has 2 nitrogen and oxygen atoms in total. The molecule has 0 radical (unpaired) electrons. The topological polar surface area (TPSA) is 18.1 Å². The molecule has 0 atom stereocenters. The van der Waals surface area contributed by atoms with Gasteiger partial charge in [0.05, 0.1) is 0 Å². The van der Waals surface area contributed by atoms with Gasteiger partial charge in [-0.05, 0) is 73.4 Å². The van der Waals surface area contributed by atoms with Gasteiger partial charge in [-0.1, -0.05) is 55.8 Å². The summed E-state index contributed by atoms with van der Waals surface area (Å²) in [5.41, 5.74) is 8.27. The fraction of sp³-hybridized carbons (Fsp3) is 0.200. The van der Waals surface area contributed by atoms with E-state index in [2.05, 4.69) is 104 Å². The quantitative estimate of drug-likeness (QED) is 0.280. The van der Waals surface area contributed by atoms with Crippen molar-refractivity contribution < 1.29 is 4.42 Å². The fourth-order valence-electron chi connectivity index (χ4n) is 5.18. The SMILES string of the molecule is CCCc1ccc2c(c1)oc1cc(-c3ccc4c(c3)c3ccccc3n4C(C)C)ccc12. The predicted molar refractivity (Wildman–Crippen MR) is 137 cm³/mol. The van der Waals surface area contributed by atoms with Crippen LogP contribution in [0.4, 0.5) is 0 Å². The largest absolute Gasteiger partial charge is 0.456 e. The Kier molecular flexibility index (Phi) is 4.36. The van der Waals surface area contributed by atoms with Crippen molar-refractivity contribution in [3.63, 3.8) is 0 Å². The highest BCUT2D eigenvalue weighted by Gasteiger charge is 2.14. The van der Waals surface area contributed by atoms with Gasteiger partial charge in [-0.2, -0.15) is 0 Å². The highest BCUT2D eigenvalue weighted by atomic mass is 16.3. The van der Waals surface area contributed by atoms with Gasteiger partial charge in [0.25, 0.3) is 0 Å². The minimum absolute atomic E-state index is 0.410. The van der Waals surface area contributed by atoms with Gasteiger partial charge in [0.1, 0.15) is 11.2 Å². The van der Waals surface area contributed by atoms with E-state index >= 15 is 0 Å². The number of furan rings is 1. The van der Waals surface area contributed by atoms with Crippen molar-refractivity contribution in [3.05, 3.63) is 84.4 Å². The zero-order valence-corrected chi connectivity index (χ0v) is 18.9. The molecule has 2 heteroatoms. The summed E-state index contributed by atoms with van der Waals surface area (Å²) in [5.74, 6) is 0. The van der Waals surface area contributed by atoms with Crippen molar-refractivity contribution in [1.29, 1.82) is 0 Å². The Hall–Kier alpha value is -3.52. The number of benzene rings is 4. The first-order valence-electron chi connectivity index (χ1n) is 11.6. The fourth-order valence-corrected chi connectivity index (χ4v) is 5.18. The van der Waals surface area contributed by atoms with E-state index in [4.69, 9.17) is 4.42 Å². The maximum Gasteiger partial charge on any atom is 0.136 e. The molecule has 6 aromatic rings. The van der Waals surface area contributed by atoms with Crippen molar-refractivity contribution in [3.8, 4) is 11.1 Å². The number of hydrogen-bond donors (Lipinski definition) is 0. The van der Waals surface area contributed by atoms with E-state index in [0.29, 0.717) is 6.04 Å². The van der Waals surface area contributed by atoms with Gasteiger partial charge in [-0.25, -0.2) is 0 Å². The molecule has 0 aliphatic rings. The number of nitrogens with zero attached hydrogens (tertiary/aromatic N) is 1. The summed E-state index contributed by atoms with van der Waals surface area (Å²) >= 11 is 0. The summed E-state index contributed by atoms with van der Waals surface area (Å²) in [6.45, 7) is 6.72. The molecular weight excluding hydrogens is 390 g/mol. The Bertz CT molecular complexity index is 1610. The van der Waals surface area contributed by atoms with Crippen LogP contribution < -0.4 is 0 Å². The Balaban J connectivity index is 1.52. The molecule has 0 amide bonds. The van der Waals surface area contributed by atoms with E-state index in [9.17, 15) is 0 Å². The van der Waals surface area contributed by atoms with Gasteiger partial charge in [0.2, 0.25) is 0 Å². The first-order valence-corrected chi connectivity index (χ1v) is 11.6. The average Bonchev–Trinajstić information content (AvgIpc) is 3.33. The molecule has 2 heterocycles. The lowest BCUT2D eigenvalue weighted by Gasteiger charge is -2.11. The molecule has 0 saturated carbocycles. The third kappa shape index (κ3) is 2.86. The molecular formula is C30H27NO. The van der Waals surface area contributed by atoms with Crippen molar-refractivity contribution in [2.24, 2.45) is 0 Å². The number of aryl methyl sites for hydroxylation is 1. The number of para-hydroxylation sites is 1. The van der Waals surface area contributed by atoms with E-state index in [0.717, 1.165) is 24.0 Å². The lowest BCUT2D eigenvalue weighted by molar-refractivity contribution is 0.642. The average molecular weight is 418 g/mol. The monoisotopic (exact) mass is 417 g/mol. The summed E-state index contributed by atoms with van der Waals surface area (Å²) in [6, 6.07) is 29.2. The summed E-state index contributed by atoms with van der Waals surface area (Å²) < 4.78 is 8.73. The van der Waals surface area contributed by atoms with Crippen LogP contribution in [0.5, 0.6) is 0 Å². The lowest BCUT2D eigenvalue weighted by Crippen LogP contribution is -1.99. The molecule has 0 aliphatic carbocycles. The van der Waals surface area contributed by atoms with Crippen molar-refractivity contribution >= 4 is 43.7 Å². The van der Waals surface area contributed by atoms with E-state index in [-0.39, 0.29) is 0 Å². The summed E-state index contributed by atoms with van der Waals surface area (Å²) in [6.07, 6.45) is 2.23. The van der Waals surface area contributed by atoms with Crippen LogP contribution >= 0.6 is 0 Å². The summed E-state index contributed by atoms with van der Waals surface area (Å²) in [5, 5.41) is 5.00. The minimum atomic E-state index is 0.410. The number of rotatable bonds is 4. The Morgan fingerprint density at radius 1 is 0.688 bits per heavy atom. The maximum atomic E-state index is 6.29. The van der Waals surface area contributed by atoms with Gasteiger partial charge in [-0.3, -0.25) is 0 Å². The van der Waals surface area contributed by atoms with Crippen LogP contribution in [0, 0.1) is 0 Å². The second kappa shape index (κ2) is 7.27. The molecule has 0 unspecified atom stereocenters. The molecule has 6 rings (SSSR count). The lowest BCUT2D eigenvalue weighted by atomic mass is 10.0. The molecule has 4 aromatic carbocycles. The van der Waals surface area contributed by atoms with E-state index < -0.39 is 0 Å². The summed E-state index contributed by atoms with van der Waals surface area (Å²) in [4.78, 5) is 0. The normalized spacial score (nSPS) is 12.1. The highest BCUT2D eigenvalue weighted by molar-refractivity contribution is 6.10. The van der Waals surface area contributed by atoms with Crippen LogP contribution in [-0.2, 0) is 6.42 Å². The number of fused-ring (bicyclic) bond motifs is 6. The standard InChI is InChI=1S/C30H27NO/c1-4-7-20-10-13-24-25-14-11-22(18-30(25)32-29(24)16-20)21-12-15-28-26(17-21)23-8-5-6-9-27(23)31(28)19(2)3/h5-6,8-19H,4,7H2,1-3H3. The highest BCUT2D eigenvalue weighted by Crippen LogP contribution is 2.37. The van der Waals surface area contributed by atoms with Crippen LogP contribution in [0.15, 0.2) is 83.3 Å². The van der Waals surface area contributed by atoms with Crippen LogP contribution in [-0.4, -0.2) is 4.57 Å². The minimum Gasteiger partial charge on any atom is -0.456 e. The summed E-state index contributed by atoms with van der Waals surface area (Å²) in [7, 11) is 0. The first-order chi connectivity index (χ1) is 15.6. The molecule has 0 aliphatic heterocycles. The van der Waals surface area contributed by atoms with Crippen LogP contribution in [0.25, 0.3) is 54.9 Å². The molecule has 0 fully saturated rings. The maximum absolute atomic E-state index is 6.29. The zero-order valence-electron chi connectivity index (χ0n) is 18.9. The van der Waals surface area contributed by atoms with Gasteiger partial charge >= 0.3 is 0 Å². The van der Waals surface area contributed by atoms with Gasteiger partial charge in [-0.15, -0.1) is 0 Å². The van der Waals surface area contributed by atoms with E-state index in [1.165, 1.54) is 49.3 Å². The van der Waals surface area contributed by atoms with Crippen LogP contribution in [0.2, 0.25) is 0 Å². The third-order valence-electron chi connectivity index (χ3n) is 6.64. The molecule has 0 N–H and O–H groups in total. The molecule has 0 saturated heterocycles. The second-order valence-electron chi connectivity index (χ2n) is 9.11. The van der Waals surface area contributed by atoms with Crippen LogP contribution in [0.1, 0.15) is 38.8 Å². The van der Waals surface area contributed by atoms with Crippen LogP contribution in [0.3, 0.4) is 0 Å². The molecule has 0 bridgehead atoms. The van der Waals surface area contributed by atoms with Gasteiger partial charge in [0, 0.05) is 38.6 Å². The van der Waals surface area contributed by atoms with Gasteiger partial charge < -0.3 is 8.98 Å². The van der Waals surface area contributed by atoms with Crippen molar-refractivity contribution in [1.82, 2.24) is 4.57 Å². The van der Waals surface area contributed by atoms with E-state index in [1.54, 1.807) is 0 Å². The number of aromatic nitrogens is 1. The molecule has 158 valence electrons. The third-order valence-corrected chi connectivity index (χ3v) is 6.64. The molecule has 2 aromatic heterocycles. The number of hydrogen-bond acceptors (Lipinski definition) is 1. The predicted octanol–water partition coefficient (Wildman–Crippen LogP) is 8.89. The Morgan fingerprint density at radius 3 is 2.19 bits per heavy atom.